The second-order valence-corrected chi connectivity index (χ2v) is 7.07. The van der Waals surface area contributed by atoms with Crippen LogP contribution >= 0.6 is 0 Å². The lowest BCUT2D eigenvalue weighted by Gasteiger charge is -2.45. The van der Waals surface area contributed by atoms with Crippen molar-refractivity contribution in [1.29, 1.82) is 0 Å². The molecule has 0 saturated carbocycles. The van der Waals surface area contributed by atoms with Crippen LogP contribution in [0.5, 0.6) is 0 Å². The topological polar surface area (TPSA) is 50.8 Å². The van der Waals surface area contributed by atoms with Crippen LogP contribution < -0.4 is 10.6 Å². The highest BCUT2D eigenvalue weighted by Gasteiger charge is 2.33. The molecule has 2 fully saturated rings. The molecule has 5 heteroatoms. The van der Waals surface area contributed by atoms with Gasteiger partial charge in [-0.3, -0.25) is 9.80 Å². The number of hydrogen-bond acceptors (Lipinski definition) is 5. The Balaban J connectivity index is 1.93. The average molecular weight is 298 g/mol. The van der Waals surface area contributed by atoms with Crippen molar-refractivity contribution in [2.75, 3.05) is 39.3 Å². The van der Waals surface area contributed by atoms with Crippen LogP contribution in [0.3, 0.4) is 0 Å². The third kappa shape index (κ3) is 4.63. The lowest BCUT2D eigenvalue weighted by Crippen LogP contribution is -2.62. The second kappa shape index (κ2) is 7.88. The van der Waals surface area contributed by atoms with Crippen LogP contribution in [0, 0.1) is 0 Å². The Morgan fingerprint density at radius 2 is 1.95 bits per heavy atom. The van der Waals surface area contributed by atoms with Gasteiger partial charge >= 0.3 is 0 Å². The molecule has 0 bridgehead atoms. The van der Waals surface area contributed by atoms with E-state index in [0.717, 1.165) is 39.3 Å². The van der Waals surface area contributed by atoms with Crippen LogP contribution in [-0.4, -0.2) is 84.4 Å². The van der Waals surface area contributed by atoms with Crippen LogP contribution in [-0.2, 0) is 0 Å². The summed E-state index contributed by atoms with van der Waals surface area (Å²) in [6, 6.07) is 2.24. The normalized spacial score (nSPS) is 34.3. The first-order chi connectivity index (χ1) is 9.99. The summed E-state index contributed by atoms with van der Waals surface area (Å²) in [7, 11) is 0. The van der Waals surface area contributed by atoms with E-state index in [1.807, 2.05) is 6.92 Å². The number of β-amino-alcohol motifs (C(OH)–C–C–N with tert-alkyl or cyclic N) is 1. The van der Waals surface area contributed by atoms with Gasteiger partial charge in [0.15, 0.2) is 0 Å². The van der Waals surface area contributed by atoms with Gasteiger partial charge in [-0.25, -0.2) is 0 Å². The van der Waals surface area contributed by atoms with Gasteiger partial charge in [0.1, 0.15) is 0 Å². The van der Waals surface area contributed by atoms with Gasteiger partial charge in [-0.2, -0.15) is 0 Å². The quantitative estimate of drug-likeness (QED) is 0.672. The molecule has 4 atom stereocenters. The van der Waals surface area contributed by atoms with Crippen molar-refractivity contribution < 1.29 is 5.11 Å². The first kappa shape index (κ1) is 17.2. The maximum atomic E-state index is 9.66. The van der Waals surface area contributed by atoms with Crippen molar-refractivity contribution in [2.24, 2.45) is 0 Å². The van der Waals surface area contributed by atoms with Gasteiger partial charge in [0.05, 0.1) is 6.10 Å². The highest BCUT2D eigenvalue weighted by Crippen LogP contribution is 2.19. The maximum absolute atomic E-state index is 9.66. The van der Waals surface area contributed by atoms with Gasteiger partial charge < -0.3 is 15.7 Å². The number of aliphatic hydroxyl groups is 1. The Morgan fingerprint density at radius 3 is 2.62 bits per heavy atom. The van der Waals surface area contributed by atoms with Crippen molar-refractivity contribution in [3.63, 3.8) is 0 Å². The second-order valence-electron chi connectivity index (χ2n) is 7.07. The van der Waals surface area contributed by atoms with Crippen molar-refractivity contribution in [2.45, 2.75) is 64.4 Å². The predicted molar refractivity (Wildman–Crippen MR) is 87.6 cm³/mol. The smallest absolute Gasteiger partial charge is 0.0639 e. The highest BCUT2D eigenvalue weighted by molar-refractivity contribution is 4.93. The van der Waals surface area contributed by atoms with Gasteiger partial charge in [0.25, 0.3) is 0 Å². The number of piperazine rings is 2. The average Bonchev–Trinajstić information content (AvgIpc) is 2.43. The molecule has 2 rings (SSSR count). The van der Waals surface area contributed by atoms with Crippen molar-refractivity contribution in [1.82, 2.24) is 20.4 Å². The lowest BCUT2D eigenvalue weighted by molar-refractivity contribution is 0.0485. The molecular formula is C16H34N4O. The molecule has 124 valence electrons. The van der Waals surface area contributed by atoms with E-state index in [1.54, 1.807) is 0 Å². The Hall–Kier alpha value is -0.200. The molecular weight excluding hydrogens is 264 g/mol. The molecule has 0 aromatic rings. The van der Waals surface area contributed by atoms with E-state index < -0.39 is 0 Å². The van der Waals surface area contributed by atoms with E-state index in [1.165, 1.54) is 6.42 Å². The van der Waals surface area contributed by atoms with Gasteiger partial charge in [-0.15, -0.1) is 0 Å². The molecule has 2 aliphatic rings. The molecule has 0 spiro atoms. The number of aliphatic hydroxyl groups excluding tert-OH is 1. The van der Waals surface area contributed by atoms with Crippen LogP contribution in [0.2, 0.25) is 0 Å². The minimum absolute atomic E-state index is 0.241. The van der Waals surface area contributed by atoms with E-state index in [9.17, 15) is 5.11 Å². The summed E-state index contributed by atoms with van der Waals surface area (Å²) in [5, 5.41) is 16.9. The fourth-order valence-corrected chi connectivity index (χ4v) is 3.87. The molecule has 0 amide bonds. The lowest BCUT2D eigenvalue weighted by atomic mass is 9.95. The Kier molecular flexibility index (Phi) is 6.44. The first-order valence-electron chi connectivity index (χ1n) is 8.61. The Bertz CT molecular complexity index is 311. The summed E-state index contributed by atoms with van der Waals surface area (Å²) in [5.74, 6) is 0. The highest BCUT2D eigenvalue weighted by atomic mass is 16.3. The van der Waals surface area contributed by atoms with Gasteiger partial charge in [0.2, 0.25) is 0 Å². The summed E-state index contributed by atoms with van der Waals surface area (Å²) in [6.45, 7) is 15.0. The summed E-state index contributed by atoms with van der Waals surface area (Å²) >= 11 is 0. The molecule has 0 aliphatic carbocycles. The summed E-state index contributed by atoms with van der Waals surface area (Å²) in [6.07, 6.45) is 0.942. The molecule has 2 saturated heterocycles. The molecule has 0 aromatic heterocycles. The summed E-state index contributed by atoms with van der Waals surface area (Å²) < 4.78 is 0. The van der Waals surface area contributed by atoms with E-state index >= 15 is 0 Å². The van der Waals surface area contributed by atoms with Gasteiger partial charge in [-0.1, -0.05) is 0 Å². The number of hydrogen-bond donors (Lipinski definition) is 3. The van der Waals surface area contributed by atoms with Crippen LogP contribution in [0.15, 0.2) is 0 Å². The van der Waals surface area contributed by atoms with E-state index in [-0.39, 0.29) is 6.10 Å². The largest absolute Gasteiger partial charge is 0.392 e. The fourth-order valence-electron chi connectivity index (χ4n) is 3.87. The van der Waals surface area contributed by atoms with Gasteiger partial charge in [-0.05, 0) is 34.1 Å². The summed E-state index contributed by atoms with van der Waals surface area (Å²) in [4.78, 5) is 5.07. The monoisotopic (exact) mass is 298 g/mol. The molecule has 5 nitrogen and oxygen atoms in total. The minimum Gasteiger partial charge on any atom is -0.392 e. The third-order valence-corrected chi connectivity index (χ3v) is 5.05. The van der Waals surface area contributed by atoms with Crippen LogP contribution in [0.25, 0.3) is 0 Å². The standard InChI is InChI=1S/C16H34N4O/c1-12(2)20-8-5-17-10-15(20)9-16-14(4)19(7-6-18-16)11-13(3)21/h12-18,21H,5-11H2,1-4H3/t13-,14-,15+,16?/m0/s1. The molecule has 2 heterocycles. The van der Waals surface area contributed by atoms with Gasteiger partial charge in [0, 0.05) is 63.4 Å². The predicted octanol–water partition coefficient (Wildman–Crippen LogP) is 0.102. The van der Waals surface area contributed by atoms with Crippen LogP contribution in [0.4, 0.5) is 0 Å². The molecule has 3 N–H and O–H groups in total. The number of nitrogens with one attached hydrogen (secondary N) is 2. The van der Waals surface area contributed by atoms with Crippen molar-refractivity contribution in [3.8, 4) is 0 Å². The zero-order valence-corrected chi connectivity index (χ0v) is 14.2. The van der Waals surface area contributed by atoms with E-state index in [0.29, 0.717) is 24.2 Å². The third-order valence-electron chi connectivity index (χ3n) is 5.05. The molecule has 21 heavy (non-hydrogen) atoms. The maximum Gasteiger partial charge on any atom is 0.0639 e. The number of rotatable bonds is 5. The number of nitrogens with zero attached hydrogens (tertiary/aromatic N) is 2. The minimum atomic E-state index is -0.241. The van der Waals surface area contributed by atoms with Crippen molar-refractivity contribution >= 4 is 0 Å². The Morgan fingerprint density at radius 1 is 1.19 bits per heavy atom. The summed E-state index contributed by atoms with van der Waals surface area (Å²) in [5.41, 5.74) is 0. The molecule has 0 radical (unpaired) electrons. The molecule has 0 aromatic carbocycles. The zero-order valence-electron chi connectivity index (χ0n) is 14.2. The van der Waals surface area contributed by atoms with E-state index in [4.69, 9.17) is 0 Å². The first-order valence-corrected chi connectivity index (χ1v) is 8.61. The van der Waals surface area contributed by atoms with Crippen LogP contribution in [0.1, 0.15) is 34.1 Å². The Labute approximate surface area is 130 Å². The molecule has 2 aliphatic heterocycles. The zero-order chi connectivity index (χ0) is 15.4. The molecule has 1 unspecified atom stereocenters. The van der Waals surface area contributed by atoms with E-state index in [2.05, 4.69) is 41.2 Å². The fraction of sp³-hybridized carbons (Fsp3) is 1.00. The SMILES string of the molecule is CC(C)N1CCNC[C@H]1CC1NCCN(C[C@H](C)O)[C@H]1C. The van der Waals surface area contributed by atoms with Crippen molar-refractivity contribution in [3.05, 3.63) is 0 Å².